The van der Waals surface area contributed by atoms with E-state index in [0.29, 0.717) is 11.8 Å². The molecular weight excluding hydrogens is 186 g/mol. The first kappa shape index (κ1) is 11.0. The van der Waals surface area contributed by atoms with Crippen LogP contribution in [0.4, 0.5) is 0 Å². The Morgan fingerprint density at radius 3 is 1.93 bits per heavy atom. The number of hydrogen-bond donors (Lipinski definition) is 0. The highest BCUT2D eigenvalue weighted by Gasteiger charge is 2.47. The van der Waals surface area contributed by atoms with Crippen molar-refractivity contribution >= 4 is 5.91 Å². The topological polar surface area (TPSA) is 20.3 Å². The molecule has 0 radical (unpaired) electrons. The minimum absolute atomic E-state index is 0.0570. The molecule has 1 heterocycles. The molecule has 2 rings (SSSR count). The Hall–Kier alpha value is -0.530. The van der Waals surface area contributed by atoms with Crippen LogP contribution in [-0.4, -0.2) is 21.9 Å². The number of carbonyl (C=O) groups excluding carboxylic acids is 1. The molecule has 0 atom stereocenters. The van der Waals surface area contributed by atoms with Gasteiger partial charge in [0.25, 0.3) is 0 Å². The van der Waals surface area contributed by atoms with Gasteiger partial charge in [-0.3, -0.25) is 4.79 Å². The predicted octanol–water partition coefficient (Wildman–Crippen LogP) is 2.97. The normalized spacial score (nSPS) is 28.9. The number of rotatable bonds is 1. The molecule has 0 aromatic heterocycles. The van der Waals surface area contributed by atoms with E-state index in [1.807, 2.05) is 0 Å². The van der Waals surface area contributed by atoms with Crippen LogP contribution in [0.1, 0.15) is 59.8 Å². The van der Waals surface area contributed by atoms with Gasteiger partial charge in [-0.1, -0.05) is 0 Å². The summed E-state index contributed by atoms with van der Waals surface area (Å²) in [5.74, 6) is 0.756. The minimum Gasteiger partial charge on any atom is -0.332 e. The summed E-state index contributed by atoms with van der Waals surface area (Å²) < 4.78 is 0. The number of carbonyl (C=O) groups is 1. The van der Waals surface area contributed by atoms with Gasteiger partial charge in [0.1, 0.15) is 0 Å². The van der Waals surface area contributed by atoms with E-state index in [-0.39, 0.29) is 11.1 Å². The standard InChI is InChI=1S/C13H23NO/c1-12(2)8-5-9-13(3,4)14(12)11(15)10-6-7-10/h10H,5-9H2,1-4H3. The molecule has 2 nitrogen and oxygen atoms in total. The second-order valence-corrected chi connectivity index (χ2v) is 6.43. The molecule has 86 valence electrons. The van der Waals surface area contributed by atoms with Crippen LogP contribution in [0.3, 0.4) is 0 Å². The van der Waals surface area contributed by atoms with E-state index in [4.69, 9.17) is 0 Å². The number of piperidine rings is 1. The Morgan fingerprint density at radius 1 is 1.07 bits per heavy atom. The lowest BCUT2D eigenvalue weighted by Gasteiger charge is -2.53. The second-order valence-electron chi connectivity index (χ2n) is 6.43. The van der Waals surface area contributed by atoms with E-state index in [1.165, 1.54) is 6.42 Å². The monoisotopic (exact) mass is 209 g/mol. The second kappa shape index (κ2) is 3.23. The summed E-state index contributed by atoms with van der Waals surface area (Å²) in [4.78, 5) is 14.5. The fourth-order valence-corrected chi connectivity index (χ4v) is 3.11. The average Bonchev–Trinajstić information content (AvgIpc) is 2.81. The zero-order chi connectivity index (χ0) is 11.3. The first-order valence-corrected chi connectivity index (χ1v) is 6.19. The molecule has 0 aromatic carbocycles. The lowest BCUT2D eigenvalue weighted by atomic mass is 9.79. The zero-order valence-electron chi connectivity index (χ0n) is 10.5. The molecule has 1 saturated carbocycles. The van der Waals surface area contributed by atoms with Gasteiger partial charge in [0.2, 0.25) is 5.91 Å². The van der Waals surface area contributed by atoms with Crippen LogP contribution in [0.5, 0.6) is 0 Å². The smallest absolute Gasteiger partial charge is 0.226 e. The maximum atomic E-state index is 12.3. The minimum atomic E-state index is 0.0570. The summed E-state index contributed by atoms with van der Waals surface area (Å²) in [7, 11) is 0. The molecule has 0 bridgehead atoms. The highest BCUT2D eigenvalue weighted by Crippen LogP contribution is 2.42. The molecule has 1 saturated heterocycles. The molecule has 15 heavy (non-hydrogen) atoms. The maximum Gasteiger partial charge on any atom is 0.226 e. The SMILES string of the molecule is CC1(C)CCCC(C)(C)N1C(=O)C1CC1. The van der Waals surface area contributed by atoms with Crippen molar-refractivity contribution in [3.05, 3.63) is 0 Å². The zero-order valence-corrected chi connectivity index (χ0v) is 10.5. The third kappa shape index (κ3) is 1.91. The number of hydrogen-bond acceptors (Lipinski definition) is 1. The molecule has 1 aliphatic heterocycles. The van der Waals surface area contributed by atoms with Crippen molar-refractivity contribution < 1.29 is 4.79 Å². The van der Waals surface area contributed by atoms with Crippen molar-refractivity contribution in [3.63, 3.8) is 0 Å². The molecule has 1 aliphatic carbocycles. The average molecular weight is 209 g/mol. The van der Waals surface area contributed by atoms with Crippen LogP contribution in [-0.2, 0) is 4.79 Å². The van der Waals surface area contributed by atoms with E-state index in [9.17, 15) is 4.79 Å². The van der Waals surface area contributed by atoms with Gasteiger partial charge in [-0.05, 0) is 59.8 Å². The molecule has 2 heteroatoms. The van der Waals surface area contributed by atoms with Gasteiger partial charge in [-0.2, -0.15) is 0 Å². The van der Waals surface area contributed by atoms with E-state index in [2.05, 4.69) is 32.6 Å². The summed E-state index contributed by atoms with van der Waals surface area (Å²) in [5, 5.41) is 0. The highest BCUT2D eigenvalue weighted by molar-refractivity contribution is 5.82. The molecule has 2 aliphatic rings. The van der Waals surface area contributed by atoms with Gasteiger partial charge in [0, 0.05) is 17.0 Å². The van der Waals surface area contributed by atoms with Crippen molar-refractivity contribution in [1.29, 1.82) is 0 Å². The van der Waals surface area contributed by atoms with E-state index >= 15 is 0 Å². The Bertz CT molecular complexity index is 260. The van der Waals surface area contributed by atoms with Crippen LogP contribution in [0.2, 0.25) is 0 Å². The Morgan fingerprint density at radius 2 is 1.53 bits per heavy atom. The van der Waals surface area contributed by atoms with Crippen molar-refractivity contribution in [2.24, 2.45) is 5.92 Å². The lowest BCUT2D eigenvalue weighted by Crippen LogP contribution is -2.61. The van der Waals surface area contributed by atoms with Crippen molar-refractivity contribution in [1.82, 2.24) is 4.90 Å². The Labute approximate surface area is 93.0 Å². The molecule has 2 fully saturated rings. The van der Waals surface area contributed by atoms with Crippen molar-refractivity contribution in [2.45, 2.75) is 70.9 Å². The largest absolute Gasteiger partial charge is 0.332 e. The third-order valence-electron chi connectivity index (χ3n) is 3.93. The van der Waals surface area contributed by atoms with E-state index in [1.54, 1.807) is 0 Å². The molecule has 0 N–H and O–H groups in total. The van der Waals surface area contributed by atoms with Crippen LogP contribution >= 0.6 is 0 Å². The first-order chi connectivity index (χ1) is 6.84. The Balaban J connectivity index is 2.24. The third-order valence-corrected chi connectivity index (χ3v) is 3.93. The van der Waals surface area contributed by atoms with Gasteiger partial charge < -0.3 is 4.90 Å². The number of amides is 1. The summed E-state index contributed by atoms with van der Waals surface area (Å²) in [6.07, 6.45) is 5.77. The van der Waals surface area contributed by atoms with E-state index < -0.39 is 0 Å². The lowest BCUT2D eigenvalue weighted by molar-refractivity contribution is -0.150. The number of likely N-dealkylation sites (tertiary alicyclic amines) is 1. The van der Waals surface area contributed by atoms with Crippen molar-refractivity contribution in [3.8, 4) is 0 Å². The first-order valence-electron chi connectivity index (χ1n) is 6.19. The van der Waals surface area contributed by atoms with Crippen molar-refractivity contribution in [2.75, 3.05) is 0 Å². The highest BCUT2D eigenvalue weighted by atomic mass is 16.2. The van der Waals surface area contributed by atoms with E-state index in [0.717, 1.165) is 25.7 Å². The molecule has 0 spiro atoms. The fraction of sp³-hybridized carbons (Fsp3) is 0.923. The molecule has 0 unspecified atom stereocenters. The van der Waals surface area contributed by atoms with Gasteiger partial charge in [0.15, 0.2) is 0 Å². The fourth-order valence-electron chi connectivity index (χ4n) is 3.11. The van der Waals surface area contributed by atoms with Gasteiger partial charge in [-0.15, -0.1) is 0 Å². The molecule has 1 amide bonds. The van der Waals surface area contributed by atoms with Gasteiger partial charge in [-0.25, -0.2) is 0 Å². The summed E-state index contributed by atoms with van der Waals surface area (Å²) in [6.45, 7) is 8.87. The summed E-state index contributed by atoms with van der Waals surface area (Å²) >= 11 is 0. The predicted molar refractivity (Wildman–Crippen MR) is 61.6 cm³/mol. The number of nitrogens with zero attached hydrogens (tertiary/aromatic N) is 1. The summed E-state index contributed by atoms with van der Waals surface area (Å²) in [6, 6.07) is 0. The quantitative estimate of drug-likeness (QED) is 0.650. The van der Waals surface area contributed by atoms with Crippen LogP contribution in [0, 0.1) is 5.92 Å². The molecular formula is C13H23NO. The Kier molecular flexibility index (Phi) is 2.36. The maximum absolute atomic E-state index is 12.3. The van der Waals surface area contributed by atoms with Crippen LogP contribution < -0.4 is 0 Å². The van der Waals surface area contributed by atoms with Crippen LogP contribution in [0.25, 0.3) is 0 Å². The van der Waals surface area contributed by atoms with Gasteiger partial charge >= 0.3 is 0 Å². The molecule has 0 aromatic rings. The van der Waals surface area contributed by atoms with Gasteiger partial charge in [0.05, 0.1) is 0 Å². The summed E-state index contributed by atoms with van der Waals surface area (Å²) in [5.41, 5.74) is 0.114. The van der Waals surface area contributed by atoms with Crippen LogP contribution in [0.15, 0.2) is 0 Å².